The summed E-state index contributed by atoms with van der Waals surface area (Å²) in [5, 5.41) is 90.7. The molecule has 0 amide bonds. The summed E-state index contributed by atoms with van der Waals surface area (Å²) in [6.45, 7) is 36.0. The molecule has 0 heterocycles. The Morgan fingerprint density at radius 1 is 0.258 bits per heavy atom. The monoisotopic (exact) mass is 1850 g/mol. The maximum Gasteiger partial charge on any atom is 2.00 e. The third kappa shape index (κ3) is 160. The minimum atomic E-state index is -1.00. The Balaban J connectivity index is -0.0000000133. The molecular weight excluding hydrogens is 1730 g/mol. The molecule has 0 fully saturated rings. The Morgan fingerprint density at radius 3 is 0.371 bits per heavy atom. The SMILES string of the molecule is CC#N.CC#N.CC#N.CC#N.CCC(C[O-])(C[O-])C[O-].CCC(C[O-])(C[O-])C[O-].CCCC[N+](CCCC)(CCCC)CCCC.CCCC[N+](CCCC)(CCCC)CCCC.[Cu+2].[Mo].[Mo].[Mo].[Mo].[Mo].[Mo].[O-2].[O-2].[O-2].[O-2].[O-2].[O-2].[O-2].[O-2].[O-2].[O-2].[O-2].[O-2].[O-2].[O-2].[O-2].[O-2].[OH-].[OH-]. The summed E-state index contributed by atoms with van der Waals surface area (Å²) in [7, 11) is 0. The third-order valence-electron chi connectivity index (χ3n) is 11.2. The molecular formula is C52H108CuMo6N6O24-36. The van der Waals surface area contributed by atoms with Crippen LogP contribution in [0.15, 0.2) is 0 Å². The fourth-order valence-corrected chi connectivity index (χ4v) is 6.15. The number of hydrogen-bond donors (Lipinski definition) is 0. The number of rotatable bonds is 32. The molecule has 37 heteroatoms. The van der Waals surface area contributed by atoms with Crippen LogP contribution in [0.5, 0.6) is 0 Å². The number of nitrogens with zero attached hydrogens (tertiary/aromatic N) is 6. The first-order chi connectivity index (χ1) is 30.6. The molecule has 0 bridgehead atoms. The molecule has 0 aromatic rings. The van der Waals surface area contributed by atoms with Crippen LogP contribution in [0.4, 0.5) is 0 Å². The van der Waals surface area contributed by atoms with E-state index < -0.39 is 50.5 Å². The number of quaternary nitrogens is 2. The Bertz CT molecular complexity index is 882. The summed E-state index contributed by atoms with van der Waals surface area (Å²) in [6.07, 6.45) is 22.9. The van der Waals surface area contributed by atoms with E-state index in [-0.39, 0.29) is 242 Å². The van der Waals surface area contributed by atoms with E-state index >= 15 is 0 Å². The van der Waals surface area contributed by atoms with Gasteiger partial charge in [-0.2, -0.15) is 21.0 Å². The second-order valence-electron chi connectivity index (χ2n) is 16.8. The number of nitriles is 4. The summed E-state index contributed by atoms with van der Waals surface area (Å²) >= 11 is 0. The van der Waals surface area contributed by atoms with Crippen molar-refractivity contribution in [3.63, 3.8) is 0 Å². The van der Waals surface area contributed by atoms with Gasteiger partial charge in [-0.15, -0.1) is 39.6 Å². The summed E-state index contributed by atoms with van der Waals surface area (Å²) in [5.74, 6) is 0. The summed E-state index contributed by atoms with van der Waals surface area (Å²) in [4.78, 5) is 0. The largest absolute Gasteiger partial charge is 2.00 e. The second kappa shape index (κ2) is 185. The van der Waals surface area contributed by atoms with Crippen LogP contribution < -0.4 is 30.6 Å². The standard InChI is InChI=1S/2C16H36N.2C6H11O3.4C2H3N.Cu.6Mo.2H2O.16O/c2*1-5-9-13-17(14-10-6-2,15-11-7-3)16-12-8-4;2*1-2-6(3-7,4-8)5-9;4*1-2-3;;;;;;;;;;;;;;;;;;;;;;;;;/h2*5-16H2,1-4H3;2*2-5H2,1H3;4*1H3;;;;;;;;2*1H2;;;;;;;;;;;;;;;;/q2*+1;2*-3;;;;;+2;;;;;;;;;16*-2/p-2. The van der Waals surface area contributed by atoms with E-state index in [9.17, 15) is 30.6 Å². The van der Waals surface area contributed by atoms with Gasteiger partial charge in [0.15, 0.2) is 0 Å². The molecule has 0 rings (SSSR count). The van der Waals surface area contributed by atoms with E-state index in [1.54, 1.807) is 38.1 Å². The van der Waals surface area contributed by atoms with Crippen molar-refractivity contribution in [3.05, 3.63) is 0 Å². The molecule has 0 unspecified atom stereocenters. The van der Waals surface area contributed by atoms with Gasteiger partial charge in [-0.25, -0.2) is 0 Å². The van der Waals surface area contributed by atoms with Crippen molar-refractivity contribution in [2.24, 2.45) is 10.8 Å². The molecule has 0 saturated heterocycles. The summed E-state index contributed by atoms with van der Waals surface area (Å²) in [5.41, 5.74) is -2.00. The maximum absolute atomic E-state index is 10.2. The zero-order valence-electron chi connectivity index (χ0n) is 54.9. The van der Waals surface area contributed by atoms with Crippen LogP contribution >= 0.6 is 0 Å². The Hall–Kier alpha value is 1.57. The molecule has 2 N–H and O–H groups in total. The van der Waals surface area contributed by atoms with Crippen molar-refractivity contribution in [3.8, 4) is 24.3 Å². The molecule has 0 aliphatic heterocycles. The van der Waals surface area contributed by atoms with Gasteiger partial charge in [-0.1, -0.05) is 144 Å². The van der Waals surface area contributed by atoms with E-state index in [4.69, 9.17) is 21.0 Å². The van der Waals surface area contributed by atoms with Gasteiger partial charge in [0, 0.05) is 154 Å². The van der Waals surface area contributed by atoms with Gasteiger partial charge >= 0.3 is 17.1 Å². The predicted molar refractivity (Wildman–Crippen MR) is 273 cm³/mol. The van der Waals surface area contributed by atoms with Crippen molar-refractivity contribution in [1.82, 2.24) is 0 Å². The molecule has 1 radical (unpaired) electrons. The fourth-order valence-electron chi connectivity index (χ4n) is 6.15. The molecule has 89 heavy (non-hydrogen) atoms. The Labute approximate surface area is 636 Å². The zero-order valence-corrected chi connectivity index (χ0v) is 67.9. The van der Waals surface area contributed by atoms with Crippen LogP contribution in [0.3, 0.4) is 0 Å². The van der Waals surface area contributed by atoms with Crippen LogP contribution in [0.25, 0.3) is 0 Å². The van der Waals surface area contributed by atoms with Crippen LogP contribution in [-0.2, 0) is 231 Å². The van der Waals surface area contributed by atoms with Gasteiger partial charge in [0.2, 0.25) is 0 Å². The number of unbranched alkanes of at least 4 members (excludes halogenated alkanes) is 8. The van der Waals surface area contributed by atoms with Crippen molar-refractivity contribution in [2.45, 2.75) is 213 Å². The third-order valence-corrected chi connectivity index (χ3v) is 11.2. The second-order valence-corrected chi connectivity index (χ2v) is 16.8. The zero-order chi connectivity index (χ0) is 51.5. The van der Waals surface area contributed by atoms with Gasteiger partial charge in [0.05, 0.1) is 76.6 Å². The molecule has 0 saturated carbocycles. The van der Waals surface area contributed by atoms with Crippen molar-refractivity contribution in [2.75, 3.05) is 92.0 Å². The molecule has 0 aromatic heterocycles. The molecule has 30 nitrogen and oxygen atoms in total. The van der Waals surface area contributed by atoms with Gasteiger partial charge in [0.25, 0.3) is 0 Å². The molecule has 0 aliphatic rings. The van der Waals surface area contributed by atoms with Gasteiger partial charge in [-0.3, -0.25) is 0 Å². The summed E-state index contributed by atoms with van der Waals surface area (Å²) < 4.78 is 2.84. The van der Waals surface area contributed by atoms with Crippen LogP contribution in [0.1, 0.15) is 213 Å². The Kier molecular flexibility index (Phi) is 457. The smallest absolute Gasteiger partial charge is 2.00 e. The van der Waals surface area contributed by atoms with E-state index in [2.05, 4.69) is 55.4 Å². The molecule has 573 valence electrons. The number of hydrogen-bond acceptors (Lipinski definition) is 12. The predicted octanol–water partition coefficient (Wildman–Crippen LogP) is 4.78. The van der Waals surface area contributed by atoms with Crippen molar-refractivity contribution < 1.29 is 282 Å². The van der Waals surface area contributed by atoms with Crippen LogP contribution in [0.2, 0.25) is 0 Å². The van der Waals surface area contributed by atoms with Crippen LogP contribution in [-0.4, -0.2) is 112 Å². The minimum absolute atomic E-state index is 0. The van der Waals surface area contributed by atoms with Gasteiger partial charge < -0.3 is 138 Å². The van der Waals surface area contributed by atoms with Crippen molar-refractivity contribution >= 4 is 0 Å². The average Bonchev–Trinajstić information content (AvgIpc) is 3.31. The molecule has 0 atom stereocenters. The fraction of sp³-hybridized carbons (Fsp3) is 0.923. The van der Waals surface area contributed by atoms with Crippen molar-refractivity contribution in [1.29, 1.82) is 21.0 Å². The summed E-state index contributed by atoms with van der Waals surface area (Å²) in [6, 6.07) is 7.00. The minimum Gasteiger partial charge on any atom is -2.00 e. The van der Waals surface area contributed by atoms with E-state index in [0.717, 1.165) is 0 Å². The first-order valence-corrected chi connectivity index (χ1v) is 25.1. The molecule has 0 aromatic carbocycles. The van der Waals surface area contributed by atoms with E-state index in [0.29, 0.717) is 12.8 Å². The normalized spacial score (nSPS) is 7.37. The van der Waals surface area contributed by atoms with Gasteiger partial charge in [-0.05, 0) is 51.4 Å². The average molecular weight is 1840 g/mol. The molecule has 0 aliphatic carbocycles. The maximum atomic E-state index is 10.2. The van der Waals surface area contributed by atoms with Crippen LogP contribution in [0, 0.1) is 56.2 Å². The quantitative estimate of drug-likeness (QED) is 0.0649. The topological polar surface area (TPSA) is 750 Å². The Morgan fingerprint density at radius 2 is 0.337 bits per heavy atom. The first kappa shape index (κ1) is 219. The first-order valence-electron chi connectivity index (χ1n) is 25.1. The van der Waals surface area contributed by atoms with Gasteiger partial charge in [0.1, 0.15) is 0 Å². The van der Waals surface area contributed by atoms with E-state index in [1.165, 1.54) is 192 Å². The molecule has 0 spiro atoms. The van der Waals surface area contributed by atoms with E-state index in [1.807, 2.05) is 0 Å².